The summed E-state index contributed by atoms with van der Waals surface area (Å²) in [6.07, 6.45) is -2.51. The third-order valence-electron chi connectivity index (χ3n) is 1.66. The van der Waals surface area contributed by atoms with Crippen molar-refractivity contribution in [3.05, 3.63) is 23.3 Å². The molecule has 0 bridgehead atoms. The molecular weight excluding hydrogens is 195 g/mol. The van der Waals surface area contributed by atoms with E-state index in [1.54, 1.807) is 6.07 Å². The molecule has 0 aliphatic carbocycles. The largest absolute Gasteiger partial charge is 0.396 e. The fourth-order valence-corrected chi connectivity index (χ4v) is 1.02. The van der Waals surface area contributed by atoms with Crippen LogP contribution in [0.2, 0.25) is 0 Å². The van der Waals surface area contributed by atoms with Gasteiger partial charge < -0.3 is 5.73 Å². The van der Waals surface area contributed by atoms with Crippen LogP contribution < -0.4 is 5.73 Å². The first kappa shape index (κ1) is 10.3. The second kappa shape index (κ2) is 3.96. The third kappa shape index (κ3) is 1.76. The van der Waals surface area contributed by atoms with Crippen molar-refractivity contribution in [1.29, 1.82) is 5.26 Å². The Morgan fingerprint density at radius 3 is 2.71 bits per heavy atom. The summed E-state index contributed by atoms with van der Waals surface area (Å²) in [5.41, 5.74) is 3.60. The van der Waals surface area contributed by atoms with Crippen molar-refractivity contribution < 1.29 is 13.2 Å². The maximum Gasteiger partial charge on any atom is 0.267 e. The predicted molar refractivity (Wildman–Crippen MR) is 42.9 cm³/mol. The van der Waals surface area contributed by atoms with E-state index < -0.39 is 23.5 Å². The average Bonchev–Trinajstić information content (AvgIpc) is 2.11. The predicted octanol–water partition coefficient (Wildman–Crippen LogP) is 1.81. The average molecular weight is 201 g/mol. The lowest BCUT2D eigenvalue weighted by molar-refractivity contribution is 0.150. The SMILES string of the molecule is N#CCc1ncc(F)c(N)c1C(F)F. The highest BCUT2D eigenvalue weighted by atomic mass is 19.3. The first-order chi connectivity index (χ1) is 6.57. The first-order valence-electron chi connectivity index (χ1n) is 3.65. The summed E-state index contributed by atoms with van der Waals surface area (Å²) in [5, 5.41) is 8.32. The van der Waals surface area contributed by atoms with Crippen LogP contribution in [0, 0.1) is 17.1 Å². The third-order valence-corrected chi connectivity index (χ3v) is 1.66. The molecule has 1 rings (SSSR count). The van der Waals surface area contributed by atoms with Gasteiger partial charge in [-0.3, -0.25) is 4.98 Å². The van der Waals surface area contributed by atoms with Crippen molar-refractivity contribution in [2.45, 2.75) is 12.8 Å². The second-order valence-corrected chi connectivity index (χ2v) is 2.52. The molecule has 6 heteroatoms. The van der Waals surface area contributed by atoms with Gasteiger partial charge in [-0.05, 0) is 0 Å². The Balaban J connectivity index is 3.31. The zero-order chi connectivity index (χ0) is 10.7. The molecule has 3 nitrogen and oxygen atoms in total. The summed E-state index contributed by atoms with van der Waals surface area (Å²) >= 11 is 0. The van der Waals surface area contributed by atoms with Crippen LogP contribution in [-0.4, -0.2) is 4.98 Å². The first-order valence-corrected chi connectivity index (χ1v) is 3.65. The van der Waals surface area contributed by atoms with Gasteiger partial charge in [0.2, 0.25) is 0 Å². The monoisotopic (exact) mass is 201 g/mol. The lowest BCUT2D eigenvalue weighted by Crippen LogP contribution is -2.05. The van der Waals surface area contributed by atoms with Crippen molar-refractivity contribution in [2.24, 2.45) is 0 Å². The lowest BCUT2D eigenvalue weighted by Gasteiger charge is -2.08. The molecule has 74 valence electrons. The van der Waals surface area contributed by atoms with E-state index in [9.17, 15) is 13.2 Å². The number of nitrogens with two attached hydrogens (primary N) is 1. The molecule has 0 aromatic carbocycles. The summed E-state index contributed by atoms with van der Waals surface area (Å²) < 4.78 is 37.5. The van der Waals surface area contributed by atoms with Crippen molar-refractivity contribution in [3.8, 4) is 6.07 Å². The van der Waals surface area contributed by atoms with Gasteiger partial charge in [-0.15, -0.1) is 0 Å². The molecule has 0 spiro atoms. The van der Waals surface area contributed by atoms with Gasteiger partial charge in [-0.25, -0.2) is 13.2 Å². The van der Waals surface area contributed by atoms with Crippen LogP contribution in [0.1, 0.15) is 17.7 Å². The highest BCUT2D eigenvalue weighted by Crippen LogP contribution is 2.29. The Bertz CT molecular complexity index is 384. The number of aromatic nitrogens is 1. The van der Waals surface area contributed by atoms with Crippen LogP contribution in [0.15, 0.2) is 6.20 Å². The van der Waals surface area contributed by atoms with Gasteiger partial charge in [0.15, 0.2) is 5.82 Å². The van der Waals surface area contributed by atoms with Crippen molar-refractivity contribution in [3.63, 3.8) is 0 Å². The number of nitrogens with zero attached hydrogens (tertiary/aromatic N) is 2. The van der Waals surface area contributed by atoms with Crippen molar-refractivity contribution in [2.75, 3.05) is 5.73 Å². The molecular formula is C8H6F3N3. The maximum atomic E-state index is 12.8. The Morgan fingerprint density at radius 1 is 1.57 bits per heavy atom. The number of hydrogen-bond acceptors (Lipinski definition) is 3. The minimum Gasteiger partial charge on any atom is -0.396 e. The highest BCUT2D eigenvalue weighted by Gasteiger charge is 2.20. The number of rotatable bonds is 2. The van der Waals surface area contributed by atoms with Crippen LogP contribution in [0.5, 0.6) is 0 Å². The van der Waals surface area contributed by atoms with E-state index in [0.29, 0.717) is 0 Å². The number of nitrogen functional groups attached to an aromatic ring is 1. The van der Waals surface area contributed by atoms with Crippen LogP contribution in [-0.2, 0) is 6.42 Å². The summed E-state index contributed by atoms with van der Waals surface area (Å²) in [5.74, 6) is -0.998. The highest BCUT2D eigenvalue weighted by molar-refractivity contribution is 5.50. The van der Waals surface area contributed by atoms with Gasteiger partial charge in [-0.2, -0.15) is 5.26 Å². The summed E-state index contributed by atoms with van der Waals surface area (Å²) in [6.45, 7) is 0. The number of halogens is 3. The Morgan fingerprint density at radius 2 is 2.21 bits per heavy atom. The van der Waals surface area contributed by atoms with Gasteiger partial charge in [0.1, 0.15) is 0 Å². The fourth-order valence-electron chi connectivity index (χ4n) is 1.02. The molecule has 2 N–H and O–H groups in total. The molecule has 1 aromatic rings. The summed E-state index contributed by atoms with van der Waals surface area (Å²) in [4.78, 5) is 3.39. The van der Waals surface area contributed by atoms with E-state index in [1.165, 1.54) is 0 Å². The topological polar surface area (TPSA) is 62.7 Å². The molecule has 0 saturated carbocycles. The van der Waals surface area contributed by atoms with E-state index in [-0.39, 0.29) is 12.1 Å². The lowest BCUT2D eigenvalue weighted by atomic mass is 10.1. The van der Waals surface area contributed by atoms with E-state index in [2.05, 4.69) is 4.98 Å². The molecule has 1 heterocycles. The molecule has 0 unspecified atom stereocenters. The maximum absolute atomic E-state index is 12.8. The minimum absolute atomic E-state index is 0.179. The zero-order valence-electron chi connectivity index (χ0n) is 6.97. The van der Waals surface area contributed by atoms with E-state index in [0.717, 1.165) is 6.20 Å². The van der Waals surface area contributed by atoms with E-state index in [1.807, 2.05) is 0 Å². The molecule has 1 aromatic heterocycles. The molecule has 0 aliphatic heterocycles. The van der Waals surface area contributed by atoms with Gasteiger partial charge >= 0.3 is 0 Å². The van der Waals surface area contributed by atoms with E-state index in [4.69, 9.17) is 11.0 Å². The van der Waals surface area contributed by atoms with Gasteiger partial charge in [0.25, 0.3) is 6.43 Å². The smallest absolute Gasteiger partial charge is 0.267 e. The molecule has 14 heavy (non-hydrogen) atoms. The van der Waals surface area contributed by atoms with Crippen LogP contribution in [0.4, 0.5) is 18.9 Å². The number of nitriles is 1. The van der Waals surface area contributed by atoms with Gasteiger partial charge in [-0.1, -0.05) is 0 Å². The fraction of sp³-hybridized carbons (Fsp3) is 0.250. The van der Waals surface area contributed by atoms with E-state index >= 15 is 0 Å². The van der Waals surface area contributed by atoms with Crippen LogP contribution >= 0.6 is 0 Å². The number of pyridine rings is 1. The van der Waals surface area contributed by atoms with Gasteiger partial charge in [0.05, 0.1) is 35.6 Å². The zero-order valence-corrected chi connectivity index (χ0v) is 6.97. The quantitative estimate of drug-likeness (QED) is 0.793. The Kier molecular flexibility index (Phi) is 2.92. The van der Waals surface area contributed by atoms with Crippen LogP contribution in [0.25, 0.3) is 0 Å². The van der Waals surface area contributed by atoms with Crippen molar-refractivity contribution in [1.82, 2.24) is 4.98 Å². The normalized spacial score (nSPS) is 10.2. The molecule has 0 radical (unpaired) electrons. The molecule has 0 fully saturated rings. The molecule has 0 saturated heterocycles. The Labute approximate surface area is 78.0 Å². The summed E-state index contributed by atoms with van der Waals surface area (Å²) in [7, 11) is 0. The number of hydrogen-bond donors (Lipinski definition) is 1. The molecule has 0 amide bonds. The Hall–Kier alpha value is -1.77. The summed E-state index contributed by atoms with van der Waals surface area (Å²) in [6, 6.07) is 1.65. The number of alkyl halides is 2. The van der Waals surface area contributed by atoms with Crippen LogP contribution in [0.3, 0.4) is 0 Å². The van der Waals surface area contributed by atoms with Gasteiger partial charge in [0, 0.05) is 0 Å². The minimum atomic E-state index is -2.93. The standard InChI is InChI=1S/C8H6F3N3/c9-4-3-14-5(1-2-12)6(7(4)13)8(10)11/h3,8H,1H2,(H2,13,14). The van der Waals surface area contributed by atoms with Crippen molar-refractivity contribution >= 4 is 5.69 Å². The second-order valence-electron chi connectivity index (χ2n) is 2.52. The number of anilines is 1. The molecule has 0 aliphatic rings. The molecule has 0 atom stereocenters.